The number of hydrogen-bond acceptors (Lipinski definition) is 12. The normalized spacial score (nSPS) is 24.8. The van der Waals surface area contributed by atoms with Gasteiger partial charge in [-0.1, -0.05) is 18.2 Å². The molecule has 2 aromatic heterocycles. The molecule has 224 valence electrons. The van der Waals surface area contributed by atoms with Crippen molar-refractivity contribution in [3.8, 4) is 5.75 Å². The number of nitrogens with one attached hydrogen (secondary N) is 1. The third kappa shape index (κ3) is 6.60. The quantitative estimate of drug-likeness (QED) is 0.218. The van der Waals surface area contributed by atoms with E-state index >= 15 is 4.39 Å². The number of benzene rings is 1. The summed E-state index contributed by atoms with van der Waals surface area (Å²) in [5, 5.41) is 13.5. The van der Waals surface area contributed by atoms with Gasteiger partial charge in [-0.3, -0.25) is 13.9 Å². The van der Waals surface area contributed by atoms with Crippen LogP contribution in [-0.2, 0) is 23.4 Å². The summed E-state index contributed by atoms with van der Waals surface area (Å²) < 4.78 is 53.4. The fourth-order valence-corrected chi connectivity index (χ4v) is 5.76. The number of aliphatic hydroxyl groups is 1. The first-order valence-corrected chi connectivity index (χ1v) is 14.4. The van der Waals surface area contributed by atoms with Crippen LogP contribution < -0.4 is 20.2 Å². The molecule has 0 amide bonds. The molecule has 0 bridgehead atoms. The zero-order valence-electron chi connectivity index (χ0n) is 23.6. The minimum Gasteiger partial charge on any atom is -0.462 e. The number of nitrogen functional groups attached to an aromatic ring is 1. The van der Waals surface area contributed by atoms with Crippen LogP contribution in [0, 0.1) is 0 Å². The van der Waals surface area contributed by atoms with E-state index in [9.17, 15) is 14.5 Å². The number of nitrogens with zero attached hydrogens (tertiary/aromatic N) is 5. The summed E-state index contributed by atoms with van der Waals surface area (Å²) in [7, 11) is -0.793. The van der Waals surface area contributed by atoms with Gasteiger partial charge in [0.25, 0.3) is 0 Å². The van der Waals surface area contributed by atoms with Crippen molar-refractivity contribution in [2.45, 2.75) is 63.9 Å². The number of fused-ring (bicyclic) bond motifs is 1. The van der Waals surface area contributed by atoms with Crippen molar-refractivity contribution in [1.29, 1.82) is 0 Å². The zero-order valence-corrected chi connectivity index (χ0v) is 24.5. The molecule has 4 rings (SSSR count). The lowest BCUT2D eigenvalue weighted by Crippen LogP contribution is -2.41. The number of ether oxygens (including phenoxy) is 2. The van der Waals surface area contributed by atoms with Crippen LogP contribution in [0.15, 0.2) is 36.7 Å². The van der Waals surface area contributed by atoms with Gasteiger partial charge in [-0.25, -0.2) is 13.9 Å². The lowest BCUT2D eigenvalue weighted by Gasteiger charge is -2.25. The smallest absolute Gasteiger partial charge is 0.459 e. The van der Waals surface area contributed by atoms with Gasteiger partial charge in [0.1, 0.15) is 24.0 Å². The van der Waals surface area contributed by atoms with E-state index in [1.807, 2.05) is 0 Å². The van der Waals surface area contributed by atoms with Gasteiger partial charge in [0.05, 0.1) is 19.0 Å². The molecule has 16 heteroatoms. The number of anilines is 2. The number of esters is 1. The Morgan fingerprint density at radius 1 is 1.29 bits per heavy atom. The maximum atomic E-state index is 16.0. The first-order chi connectivity index (χ1) is 19.2. The number of para-hydroxylation sites is 1. The van der Waals surface area contributed by atoms with Gasteiger partial charge in [-0.2, -0.15) is 15.1 Å². The molecule has 1 fully saturated rings. The van der Waals surface area contributed by atoms with E-state index in [0.29, 0.717) is 11.3 Å². The number of aliphatic hydroxyl groups excluding tert-OH is 1. The Hall–Kier alpha value is -3.36. The average molecular weight is 596 g/mol. The SMILES string of the molecule is CC(C)OC(=O)[C@@H](C)N[P@](=O)(OCC1O[C@@H](n2cnc3c(N(C)C)nc(N)nc32)[C@](C)(F)[C@@H]1O)Oc1ccccc1. The Labute approximate surface area is 236 Å². The van der Waals surface area contributed by atoms with Crippen LogP contribution in [0.4, 0.5) is 16.2 Å². The third-order valence-electron chi connectivity index (χ3n) is 6.25. The lowest BCUT2D eigenvalue weighted by atomic mass is 9.98. The van der Waals surface area contributed by atoms with Gasteiger partial charge in [0.2, 0.25) is 5.95 Å². The average Bonchev–Trinajstić information content (AvgIpc) is 3.40. The van der Waals surface area contributed by atoms with Crippen molar-refractivity contribution >= 4 is 36.6 Å². The molecule has 1 unspecified atom stereocenters. The Bertz CT molecular complexity index is 1420. The molecule has 41 heavy (non-hydrogen) atoms. The number of alkyl halides is 1. The highest BCUT2D eigenvalue weighted by Gasteiger charge is 2.56. The molecule has 1 aromatic carbocycles. The third-order valence-corrected chi connectivity index (χ3v) is 7.89. The Kier molecular flexibility index (Phi) is 8.85. The predicted octanol–water partition coefficient (Wildman–Crippen LogP) is 2.59. The van der Waals surface area contributed by atoms with Crippen LogP contribution in [0.5, 0.6) is 5.75 Å². The van der Waals surface area contributed by atoms with E-state index in [1.165, 1.54) is 17.8 Å². The van der Waals surface area contributed by atoms with Crippen LogP contribution in [0.25, 0.3) is 11.2 Å². The van der Waals surface area contributed by atoms with Crippen LogP contribution in [-0.4, -0.2) is 81.3 Å². The molecular formula is C25H35FN7O7P. The lowest BCUT2D eigenvalue weighted by molar-refractivity contribution is -0.149. The van der Waals surface area contributed by atoms with Crippen molar-refractivity contribution in [3.05, 3.63) is 36.7 Å². The predicted molar refractivity (Wildman–Crippen MR) is 148 cm³/mol. The number of carbonyl (C=O) groups is 1. The molecule has 0 saturated carbocycles. The second kappa shape index (κ2) is 11.9. The van der Waals surface area contributed by atoms with Gasteiger partial charge in [0.15, 0.2) is 28.9 Å². The first kappa shape index (κ1) is 30.6. The molecule has 0 spiro atoms. The van der Waals surface area contributed by atoms with E-state index in [-0.39, 0.29) is 17.3 Å². The molecule has 3 aromatic rings. The summed E-state index contributed by atoms with van der Waals surface area (Å²) >= 11 is 0. The van der Waals surface area contributed by atoms with Gasteiger partial charge in [0, 0.05) is 14.1 Å². The summed E-state index contributed by atoms with van der Waals surface area (Å²) in [6.07, 6.45) is -3.50. The number of halogens is 1. The number of rotatable bonds is 11. The van der Waals surface area contributed by atoms with Crippen LogP contribution >= 0.6 is 7.75 Å². The number of nitrogens with two attached hydrogens (primary N) is 1. The zero-order chi connectivity index (χ0) is 30.1. The van der Waals surface area contributed by atoms with Crippen molar-refractivity contribution in [2.24, 2.45) is 0 Å². The number of imidazole rings is 1. The van der Waals surface area contributed by atoms with Crippen molar-refractivity contribution < 1.29 is 37.4 Å². The second-order valence-electron chi connectivity index (χ2n) is 10.3. The molecule has 1 aliphatic rings. The Morgan fingerprint density at radius 2 is 1.98 bits per heavy atom. The number of hydrogen-bond donors (Lipinski definition) is 3. The van der Waals surface area contributed by atoms with Crippen molar-refractivity contribution in [1.82, 2.24) is 24.6 Å². The summed E-state index contributed by atoms with van der Waals surface area (Å²) in [6, 6.07) is 7.06. The molecule has 6 atom stereocenters. The molecule has 14 nitrogen and oxygen atoms in total. The van der Waals surface area contributed by atoms with E-state index in [0.717, 1.165) is 6.92 Å². The topological polar surface area (TPSA) is 176 Å². The standard InChI is InChI=1S/C25H35FN7O7P/c1-14(2)38-22(35)15(3)31-41(36,40-16-10-8-7-9-11-16)37-12-17-19(34)25(4,26)23(39-17)33-13-28-18-20(32(5)6)29-24(27)30-21(18)33/h7-11,13-15,17,19,23,34H,12H2,1-6H3,(H,31,36)(H2,27,29,30)/t15-,17?,19-,23-,25-,41+/m1/s1. The van der Waals surface area contributed by atoms with Gasteiger partial charge in [-0.15, -0.1) is 0 Å². The largest absolute Gasteiger partial charge is 0.462 e. The Balaban J connectivity index is 1.57. The monoisotopic (exact) mass is 595 g/mol. The highest BCUT2D eigenvalue weighted by molar-refractivity contribution is 7.52. The first-order valence-electron chi connectivity index (χ1n) is 12.9. The minimum absolute atomic E-state index is 0.0582. The molecule has 3 heterocycles. The fraction of sp³-hybridized carbons (Fsp3) is 0.520. The molecule has 0 radical (unpaired) electrons. The minimum atomic E-state index is -4.28. The summed E-state index contributed by atoms with van der Waals surface area (Å²) in [5.41, 5.74) is 4.07. The van der Waals surface area contributed by atoms with Crippen molar-refractivity contribution in [3.63, 3.8) is 0 Å². The van der Waals surface area contributed by atoms with E-state index in [2.05, 4.69) is 20.0 Å². The highest BCUT2D eigenvalue weighted by Crippen LogP contribution is 2.48. The summed E-state index contributed by atoms with van der Waals surface area (Å²) in [4.78, 5) is 26.8. The number of carbonyl (C=O) groups excluding carboxylic acids is 1. The van der Waals surface area contributed by atoms with Gasteiger partial charge < -0.3 is 29.7 Å². The van der Waals surface area contributed by atoms with E-state index in [1.54, 1.807) is 63.2 Å². The van der Waals surface area contributed by atoms with Crippen LogP contribution in [0.3, 0.4) is 0 Å². The maximum Gasteiger partial charge on any atom is 0.459 e. The molecule has 1 aliphatic heterocycles. The highest BCUT2D eigenvalue weighted by atomic mass is 31.2. The second-order valence-corrected chi connectivity index (χ2v) is 12.0. The summed E-state index contributed by atoms with van der Waals surface area (Å²) in [6.45, 7) is 5.39. The van der Waals surface area contributed by atoms with Crippen LogP contribution in [0.1, 0.15) is 33.9 Å². The van der Waals surface area contributed by atoms with E-state index < -0.39 is 56.6 Å². The Morgan fingerprint density at radius 3 is 2.61 bits per heavy atom. The van der Waals surface area contributed by atoms with Gasteiger partial charge in [-0.05, 0) is 39.8 Å². The molecule has 4 N–H and O–H groups in total. The number of aromatic nitrogens is 4. The molecule has 1 saturated heterocycles. The fourth-order valence-electron chi connectivity index (χ4n) is 4.26. The van der Waals surface area contributed by atoms with E-state index in [4.69, 9.17) is 24.3 Å². The van der Waals surface area contributed by atoms with Gasteiger partial charge >= 0.3 is 13.7 Å². The molecule has 0 aliphatic carbocycles. The molecular weight excluding hydrogens is 560 g/mol. The van der Waals surface area contributed by atoms with Crippen molar-refractivity contribution in [2.75, 3.05) is 31.3 Å². The maximum absolute atomic E-state index is 16.0. The summed E-state index contributed by atoms with van der Waals surface area (Å²) in [5.74, 6) is -0.135. The van der Waals surface area contributed by atoms with Crippen LogP contribution in [0.2, 0.25) is 0 Å².